The van der Waals surface area contributed by atoms with E-state index in [1.54, 1.807) is 0 Å². The molecule has 1 fully saturated rings. The van der Waals surface area contributed by atoms with Gasteiger partial charge in [-0.05, 0) is 37.5 Å². The van der Waals surface area contributed by atoms with Gasteiger partial charge in [-0.15, -0.1) is 0 Å². The predicted octanol–water partition coefficient (Wildman–Crippen LogP) is 2.30. The van der Waals surface area contributed by atoms with Crippen LogP contribution in [0.1, 0.15) is 25.3 Å². The molecule has 1 aliphatic carbocycles. The van der Waals surface area contributed by atoms with Crippen molar-refractivity contribution < 1.29 is 9.50 Å². The second-order valence-electron chi connectivity index (χ2n) is 4.89. The van der Waals surface area contributed by atoms with Crippen LogP contribution in [0.25, 0.3) is 0 Å². The van der Waals surface area contributed by atoms with E-state index in [1.807, 2.05) is 32.0 Å². The Balaban J connectivity index is 2.49. The number of hydrogen-bond donors (Lipinski definition) is 1. The average Bonchev–Trinajstić information content (AvgIpc) is 2.98. The summed E-state index contributed by atoms with van der Waals surface area (Å²) in [7, 11) is 3.80. The number of aliphatic hydroxyl groups is 1. The maximum Gasteiger partial charge on any atom is 0.125 e. The predicted molar refractivity (Wildman–Crippen MR) is 63.3 cm³/mol. The first kappa shape index (κ1) is 11.4. The van der Waals surface area contributed by atoms with E-state index in [4.69, 9.17) is 0 Å². The molecule has 0 heterocycles. The smallest absolute Gasteiger partial charge is 0.125 e. The van der Waals surface area contributed by atoms with Crippen molar-refractivity contribution in [3.8, 4) is 0 Å². The molecule has 2 nitrogen and oxygen atoms in total. The van der Waals surface area contributed by atoms with Gasteiger partial charge in [0.2, 0.25) is 0 Å². The summed E-state index contributed by atoms with van der Waals surface area (Å²) in [4.78, 5) is 1.90. The van der Waals surface area contributed by atoms with Gasteiger partial charge < -0.3 is 10.0 Å². The largest absolute Gasteiger partial charge is 0.392 e. The normalized spacial score (nSPS) is 19.3. The molecule has 1 N–H and O–H groups in total. The highest BCUT2D eigenvalue weighted by atomic mass is 19.1. The molecule has 1 aromatic carbocycles. The van der Waals surface area contributed by atoms with Gasteiger partial charge in [-0.3, -0.25) is 0 Å². The lowest BCUT2D eigenvalue weighted by Crippen LogP contribution is -2.25. The maximum atomic E-state index is 13.2. The Kier molecular flexibility index (Phi) is 2.66. The minimum atomic E-state index is -0.378. The van der Waals surface area contributed by atoms with Crippen LogP contribution in [0.5, 0.6) is 0 Å². The maximum absolute atomic E-state index is 13.2. The van der Waals surface area contributed by atoms with Crippen LogP contribution in [-0.2, 0) is 5.41 Å². The van der Waals surface area contributed by atoms with Crippen LogP contribution in [0, 0.1) is 5.82 Å². The second kappa shape index (κ2) is 3.74. The monoisotopic (exact) mass is 223 g/mol. The van der Waals surface area contributed by atoms with E-state index < -0.39 is 0 Å². The number of nitrogens with zero attached hydrogens (tertiary/aromatic N) is 1. The summed E-state index contributed by atoms with van der Waals surface area (Å²) in [6.45, 7) is 1.82. The van der Waals surface area contributed by atoms with Gasteiger partial charge in [-0.1, -0.05) is 6.07 Å². The lowest BCUT2D eigenvalue weighted by Gasteiger charge is -2.25. The summed E-state index contributed by atoms with van der Waals surface area (Å²) in [6, 6.07) is 4.83. The summed E-state index contributed by atoms with van der Waals surface area (Å²) in [6.07, 6.45) is 1.59. The third-order valence-corrected chi connectivity index (χ3v) is 3.57. The van der Waals surface area contributed by atoms with Crippen molar-refractivity contribution in [2.45, 2.75) is 31.3 Å². The molecule has 0 bridgehead atoms. The Labute approximate surface area is 95.7 Å². The summed E-state index contributed by atoms with van der Waals surface area (Å²) in [5, 5.41) is 9.86. The molecule has 0 aromatic heterocycles. The van der Waals surface area contributed by atoms with Crippen molar-refractivity contribution in [1.82, 2.24) is 0 Å². The van der Waals surface area contributed by atoms with Crippen LogP contribution < -0.4 is 4.90 Å². The van der Waals surface area contributed by atoms with Gasteiger partial charge in [0.1, 0.15) is 5.82 Å². The lowest BCUT2D eigenvalue weighted by molar-refractivity contribution is 0.151. The van der Waals surface area contributed by atoms with Crippen molar-refractivity contribution in [1.29, 1.82) is 0 Å². The molecule has 0 amide bonds. The van der Waals surface area contributed by atoms with E-state index in [1.165, 1.54) is 12.1 Å². The Hall–Kier alpha value is -1.09. The zero-order chi connectivity index (χ0) is 11.9. The summed E-state index contributed by atoms with van der Waals surface area (Å²) >= 11 is 0. The first-order valence-electron chi connectivity index (χ1n) is 5.63. The molecular weight excluding hydrogens is 205 g/mol. The number of halogens is 1. The number of aliphatic hydroxyl groups excluding tert-OH is 1. The van der Waals surface area contributed by atoms with Gasteiger partial charge in [-0.2, -0.15) is 0 Å². The zero-order valence-corrected chi connectivity index (χ0v) is 10.00. The van der Waals surface area contributed by atoms with Crippen molar-refractivity contribution >= 4 is 5.69 Å². The molecule has 1 atom stereocenters. The molecule has 1 aromatic rings. The summed E-state index contributed by atoms with van der Waals surface area (Å²) < 4.78 is 13.2. The number of hydrogen-bond acceptors (Lipinski definition) is 2. The Morgan fingerprint density at radius 3 is 2.44 bits per heavy atom. The zero-order valence-electron chi connectivity index (χ0n) is 10.00. The molecule has 3 heteroatoms. The summed E-state index contributed by atoms with van der Waals surface area (Å²) in [5.74, 6) is -0.228. The molecule has 1 saturated carbocycles. The standard InChI is InChI=1S/C13H18FNO/c1-9(16)13(6-7-13)11-5-4-10(14)8-12(11)15(2)3/h4-5,8-9,16H,6-7H2,1-3H3. The van der Waals surface area contributed by atoms with E-state index in [2.05, 4.69) is 0 Å². The lowest BCUT2D eigenvalue weighted by atomic mass is 9.89. The third-order valence-electron chi connectivity index (χ3n) is 3.57. The van der Waals surface area contributed by atoms with E-state index in [0.29, 0.717) is 0 Å². The van der Waals surface area contributed by atoms with Crippen LogP contribution in [0.3, 0.4) is 0 Å². The number of benzene rings is 1. The fourth-order valence-electron chi connectivity index (χ4n) is 2.34. The molecular formula is C13H18FNO. The molecule has 1 unspecified atom stereocenters. The molecule has 1 aliphatic rings. The third kappa shape index (κ3) is 1.69. The minimum absolute atomic E-state index is 0.146. The van der Waals surface area contributed by atoms with E-state index in [9.17, 15) is 9.50 Å². The van der Waals surface area contributed by atoms with Crippen molar-refractivity contribution in [3.05, 3.63) is 29.6 Å². The Morgan fingerprint density at radius 2 is 2.00 bits per heavy atom. The SMILES string of the molecule is CC(O)C1(c2ccc(F)cc2N(C)C)CC1. The van der Waals surface area contributed by atoms with Crippen LogP contribution in [0.15, 0.2) is 18.2 Å². The average molecular weight is 223 g/mol. The Morgan fingerprint density at radius 1 is 1.38 bits per heavy atom. The highest BCUT2D eigenvalue weighted by molar-refractivity contribution is 5.58. The van der Waals surface area contributed by atoms with Gasteiger partial charge in [0.05, 0.1) is 6.10 Å². The summed E-state index contributed by atoms with van der Waals surface area (Å²) in [5.41, 5.74) is 1.79. The molecule has 0 aliphatic heterocycles. The van der Waals surface area contributed by atoms with Crippen LogP contribution in [0.2, 0.25) is 0 Å². The van der Waals surface area contributed by atoms with Gasteiger partial charge in [0.15, 0.2) is 0 Å². The van der Waals surface area contributed by atoms with Crippen LogP contribution in [0.4, 0.5) is 10.1 Å². The fraction of sp³-hybridized carbons (Fsp3) is 0.538. The molecule has 88 valence electrons. The molecule has 2 rings (SSSR count). The van der Waals surface area contributed by atoms with Gasteiger partial charge >= 0.3 is 0 Å². The Bertz CT molecular complexity index is 397. The first-order valence-corrected chi connectivity index (χ1v) is 5.63. The quantitative estimate of drug-likeness (QED) is 0.850. The first-order chi connectivity index (χ1) is 7.47. The molecule has 0 radical (unpaired) electrons. The van der Waals surface area contributed by atoms with Crippen LogP contribution in [-0.4, -0.2) is 25.3 Å². The number of rotatable bonds is 3. The number of anilines is 1. The molecule has 16 heavy (non-hydrogen) atoms. The topological polar surface area (TPSA) is 23.5 Å². The molecule has 0 spiro atoms. The minimum Gasteiger partial charge on any atom is -0.392 e. The van der Waals surface area contributed by atoms with E-state index in [-0.39, 0.29) is 17.3 Å². The van der Waals surface area contributed by atoms with Gasteiger partial charge in [0.25, 0.3) is 0 Å². The molecule has 0 saturated heterocycles. The van der Waals surface area contributed by atoms with Gasteiger partial charge in [-0.25, -0.2) is 4.39 Å². The van der Waals surface area contributed by atoms with Crippen molar-refractivity contribution in [3.63, 3.8) is 0 Å². The van der Waals surface area contributed by atoms with E-state index >= 15 is 0 Å². The highest BCUT2D eigenvalue weighted by Gasteiger charge is 2.49. The van der Waals surface area contributed by atoms with Crippen LogP contribution >= 0.6 is 0 Å². The van der Waals surface area contributed by atoms with E-state index in [0.717, 1.165) is 24.1 Å². The van der Waals surface area contributed by atoms with Crippen molar-refractivity contribution in [2.24, 2.45) is 0 Å². The van der Waals surface area contributed by atoms with Crippen molar-refractivity contribution in [2.75, 3.05) is 19.0 Å². The highest BCUT2D eigenvalue weighted by Crippen LogP contribution is 2.53. The van der Waals surface area contributed by atoms with Gasteiger partial charge in [0, 0.05) is 25.2 Å². The second-order valence-corrected chi connectivity index (χ2v) is 4.89. The fourth-order valence-corrected chi connectivity index (χ4v) is 2.34.